The minimum absolute atomic E-state index is 0.391. The fraction of sp³-hybridized carbons (Fsp3) is 0.297. The summed E-state index contributed by atoms with van der Waals surface area (Å²) in [5.74, 6) is 1.26. The number of hydrogen-bond acceptors (Lipinski definition) is 2. The van der Waals surface area contributed by atoms with Crippen LogP contribution in [-0.2, 0) is 0 Å². The van der Waals surface area contributed by atoms with Gasteiger partial charge in [0.05, 0.1) is 22.1 Å². The van der Waals surface area contributed by atoms with E-state index in [2.05, 4.69) is 125 Å². The smallest absolute Gasteiger partial charge is 0.100 e. The number of imidazole rings is 2. The maximum atomic E-state index is 4.81. The average molecular weight is 541 g/mol. The third-order valence-corrected chi connectivity index (χ3v) is 8.50. The van der Waals surface area contributed by atoms with Crippen molar-refractivity contribution in [1.29, 1.82) is 0 Å². The van der Waals surface area contributed by atoms with Crippen molar-refractivity contribution in [2.45, 2.75) is 73.1 Å². The van der Waals surface area contributed by atoms with Gasteiger partial charge < -0.3 is 0 Å². The number of nitrogens with zero attached hydrogens (tertiary/aromatic N) is 4. The summed E-state index contributed by atoms with van der Waals surface area (Å²) in [5.41, 5.74) is 15.7. The van der Waals surface area contributed by atoms with E-state index in [1.54, 1.807) is 0 Å². The van der Waals surface area contributed by atoms with Crippen molar-refractivity contribution in [3.05, 3.63) is 107 Å². The summed E-state index contributed by atoms with van der Waals surface area (Å²) in [7, 11) is 0. The number of rotatable bonds is 6. The number of para-hydroxylation sites is 2. The summed E-state index contributed by atoms with van der Waals surface area (Å²) in [6.45, 7) is 18.2. The number of benzene rings is 4. The average Bonchev–Trinajstić information content (AvgIpc) is 3.56. The molecule has 4 aromatic carbocycles. The van der Waals surface area contributed by atoms with Gasteiger partial charge in [-0.2, -0.15) is 0 Å². The SMILES string of the molecule is Cc1cc2ncn(-c3cc(-c4c(C(C)C)cc(C(C)C)cc4C(C)C)cc(-n4cnc5ccccc54)c3)c2cc1C. The van der Waals surface area contributed by atoms with Crippen LogP contribution in [0.25, 0.3) is 44.6 Å². The van der Waals surface area contributed by atoms with Gasteiger partial charge in [0.2, 0.25) is 0 Å². The maximum absolute atomic E-state index is 4.81. The van der Waals surface area contributed by atoms with E-state index in [0.29, 0.717) is 17.8 Å². The molecule has 0 N–H and O–H groups in total. The van der Waals surface area contributed by atoms with Crippen molar-refractivity contribution in [2.75, 3.05) is 0 Å². The first kappa shape index (κ1) is 27.0. The second-order valence-electron chi connectivity index (χ2n) is 12.4. The Bertz CT molecular complexity index is 1870. The lowest BCUT2D eigenvalue weighted by molar-refractivity contribution is 0.807. The molecule has 41 heavy (non-hydrogen) atoms. The molecule has 6 aromatic rings. The standard InChI is InChI=1S/C37H40N4/c1-22(2)27-17-31(23(3)4)37(32(18-27)24(5)6)28-15-29(40-20-38-33-11-9-10-12-35(33)40)19-30(16-28)41-21-39-34-13-25(7)26(8)14-36(34)41/h9-24H,1-8H3. The second kappa shape index (κ2) is 10.3. The molecule has 0 spiro atoms. The monoisotopic (exact) mass is 540 g/mol. The third-order valence-electron chi connectivity index (χ3n) is 8.50. The summed E-state index contributed by atoms with van der Waals surface area (Å²) in [6.07, 6.45) is 3.91. The maximum Gasteiger partial charge on any atom is 0.100 e. The van der Waals surface area contributed by atoms with E-state index < -0.39 is 0 Å². The van der Waals surface area contributed by atoms with Crippen molar-refractivity contribution in [3.8, 4) is 22.5 Å². The summed E-state index contributed by atoms with van der Waals surface area (Å²) in [6, 6.07) is 24.6. The first-order valence-corrected chi connectivity index (χ1v) is 14.8. The highest BCUT2D eigenvalue weighted by molar-refractivity contribution is 5.83. The number of aromatic nitrogens is 4. The van der Waals surface area contributed by atoms with Gasteiger partial charge in [-0.3, -0.25) is 9.13 Å². The highest BCUT2D eigenvalue weighted by atomic mass is 15.1. The van der Waals surface area contributed by atoms with Gasteiger partial charge in [0.1, 0.15) is 12.7 Å². The highest BCUT2D eigenvalue weighted by Crippen LogP contribution is 2.40. The number of fused-ring (bicyclic) bond motifs is 2. The van der Waals surface area contributed by atoms with Gasteiger partial charge >= 0.3 is 0 Å². The summed E-state index contributed by atoms with van der Waals surface area (Å²) in [5, 5.41) is 0. The molecule has 0 saturated heterocycles. The Hall–Kier alpha value is -4.18. The zero-order valence-electron chi connectivity index (χ0n) is 25.5. The Morgan fingerprint density at radius 2 is 1.12 bits per heavy atom. The molecule has 4 heteroatoms. The van der Waals surface area contributed by atoms with Gasteiger partial charge in [-0.05, 0) is 113 Å². The van der Waals surface area contributed by atoms with Crippen LogP contribution in [-0.4, -0.2) is 19.1 Å². The Labute approximate surface area is 243 Å². The van der Waals surface area contributed by atoms with Crippen molar-refractivity contribution in [1.82, 2.24) is 19.1 Å². The van der Waals surface area contributed by atoms with Crippen molar-refractivity contribution >= 4 is 22.1 Å². The predicted octanol–water partition coefficient (Wildman–Crippen LogP) is 10.0. The van der Waals surface area contributed by atoms with E-state index in [1.165, 1.54) is 38.9 Å². The van der Waals surface area contributed by atoms with E-state index in [9.17, 15) is 0 Å². The Balaban J connectivity index is 1.69. The molecular weight excluding hydrogens is 500 g/mol. The summed E-state index contributed by atoms with van der Waals surface area (Å²) < 4.78 is 4.45. The molecule has 0 aliphatic carbocycles. The van der Waals surface area contributed by atoms with Crippen molar-refractivity contribution in [2.24, 2.45) is 0 Å². The normalized spacial score (nSPS) is 12.1. The van der Waals surface area contributed by atoms with Crippen LogP contribution in [0.5, 0.6) is 0 Å². The Morgan fingerprint density at radius 3 is 1.73 bits per heavy atom. The topological polar surface area (TPSA) is 35.6 Å². The van der Waals surface area contributed by atoms with Crippen LogP contribution >= 0.6 is 0 Å². The Morgan fingerprint density at radius 1 is 0.561 bits per heavy atom. The number of hydrogen-bond donors (Lipinski definition) is 0. The lowest BCUT2D eigenvalue weighted by Crippen LogP contribution is -2.05. The zero-order valence-corrected chi connectivity index (χ0v) is 25.5. The van der Waals surface area contributed by atoms with E-state index >= 15 is 0 Å². The van der Waals surface area contributed by atoms with Gasteiger partial charge in [-0.25, -0.2) is 9.97 Å². The van der Waals surface area contributed by atoms with Crippen LogP contribution in [0.1, 0.15) is 87.1 Å². The molecule has 2 aromatic heterocycles. The highest BCUT2D eigenvalue weighted by Gasteiger charge is 2.21. The molecule has 0 amide bonds. The van der Waals surface area contributed by atoms with Gasteiger partial charge in [0.25, 0.3) is 0 Å². The molecule has 0 fully saturated rings. The molecule has 0 aliphatic rings. The van der Waals surface area contributed by atoms with Crippen LogP contribution < -0.4 is 0 Å². The van der Waals surface area contributed by atoms with E-state index in [4.69, 9.17) is 9.97 Å². The first-order valence-electron chi connectivity index (χ1n) is 14.8. The van der Waals surface area contributed by atoms with Crippen LogP contribution in [0, 0.1) is 13.8 Å². The Kier molecular flexibility index (Phi) is 6.81. The fourth-order valence-electron chi connectivity index (χ4n) is 5.94. The molecule has 4 nitrogen and oxygen atoms in total. The second-order valence-corrected chi connectivity index (χ2v) is 12.4. The van der Waals surface area contributed by atoms with Gasteiger partial charge in [0.15, 0.2) is 0 Å². The molecule has 6 rings (SSSR count). The molecule has 0 unspecified atom stereocenters. The molecule has 0 saturated carbocycles. The fourth-order valence-corrected chi connectivity index (χ4v) is 5.94. The van der Waals surface area contributed by atoms with Crippen molar-refractivity contribution < 1.29 is 0 Å². The van der Waals surface area contributed by atoms with Gasteiger partial charge in [0, 0.05) is 11.4 Å². The van der Waals surface area contributed by atoms with Crippen LogP contribution in [0.15, 0.2) is 79.4 Å². The predicted molar refractivity (Wildman–Crippen MR) is 173 cm³/mol. The number of aryl methyl sites for hydroxylation is 2. The van der Waals surface area contributed by atoms with E-state index in [0.717, 1.165) is 33.4 Å². The van der Waals surface area contributed by atoms with Crippen LogP contribution in [0.4, 0.5) is 0 Å². The first-order chi connectivity index (χ1) is 19.6. The van der Waals surface area contributed by atoms with Crippen molar-refractivity contribution in [3.63, 3.8) is 0 Å². The minimum atomic E-state index is 0.391. The molecule has 0 atom stereocenters. The van der Waals surface area contributed by atoms with Crippen LogP contribution in [0.3, 0.4) is 0 Å². The van der Waals surface area contributed by atoms with Gasteiger partial charge in [-0.1, -0.05) is 65.8 Å². The zero-order chi connectivity index (χ0) is 29.0. The van der Waals surface area contributed by atoms with Gasteiger partial charge in [-0.15, -0.1) is 0 Å². The van der Waals surface area contributed by atoms with Crippen LogP contribution in [0.2, 0.25) is 0 Å². The molecule has 0 radical (unpaired) electrons. The third kappa shape index (κ3) is 4.76. The largest absolute Gasteiger partial charge is 0.299 e. The summed E-state index contributed by atoms with van der Waals surface area (Å²) in [4.78, 5) is 9.54. The summed E-state index contributed by atoms with van der Waals surface area (Å²) >= 11 is 0. The molecule has 0 aliphatic heterocycles. The molecule has 0 bridgehead atoms. The lowest BCUT2D eigenvalue weighted by Gasteiger charge is -2.24. The quantitative estimate of drug-likeness (QED) is 0.211. The molecule has 208 valence electrons. The molecular formula is C37H40N4. The van der Waals surface area contributed by atoms with E-state index in [1.807, 2.05) is 18.7 Å². The lowest BCUT2D eigenvalue weighted by atomic mass is 9.81. The molecule has 2 heterocycles. The van der Waals surface area contributed by atoms with E-state index in [-0.39, 0.29) is 0 Å². The minimum Gasteiger partial charge on any atom is -0.299 e.